The average molecular weight is 243 g/mol. The van der Waals surface area contributed by atoms with Crippen molar-refractivity contribution in [1.29, 1.82) is 0 Å². The third kappa shape index (κ3) is 2.50. The Morgan fingerprint density at radius 1 is 1.56 bits per heavy atom. The minimum absolute atomic E-state index is 0.164. The van der Waals surface area contributed by atoms with Crippen LogP contribution in [-0.2, 0) is 0 Å². The Balaban J connectivity index is 2.12. The van der Waals surface area contributed by atoms with Gasteiger partial charge in [0.15, 0.2) is 0 Å². The lowest BCUT2D eigenvalue weighted by atomic mass is 10.3. The number of hydrogen-bond acceptors (Lipinski definition) is 2. The maximum absolute atomic E-state index is 12.7. The van der Waals surface area contributed by atoms with Gasteiger partial charge in [0.2, 0.25) is 0 Å². The lowest BCUT2D eigenvalue weighted by molar-refractivity contribution is 0.0747. The fraction of sp³-hybridized carbons (Fsp3) is 0.455. The molecule has 0 saturated heterocycles. The van der Waals surface area contributed by atoms with E-state index in [1.54, 1.807) is 4.90 Å². The topological polar surface area (TPSA) is 33.2 Å². The number of amides is 1. The fourth-order valence-electron chi connectivity index (χ4n) is 1.58. The smallest absolute Gasteiger partial charge is 0.272 e. The quantitative estimate of drug-likeness (QED) is 0.758. The minimum atomic E-state index is -0.438. The van der Waals surface area contributed by atoms with Crippen LogP contribution in [0.25, 0.3) is 0 Å². The van der Waals surface area contributed by atoms with Gasteiger partial charge in [0.1, 0.15) is 11.5 Å². The van der Waals surface area contributed by atoms with Gasteiger partial charge in [0.25, 0.3) is 5.91 Å². The highest BCUT2D eigenvalue weighted by Crippen LogP contribution is 2.27. The van der Waals surface area contributed by atoms with Crippen LogP contribution in [-0.4, -0.2) is 34.3 Å². The van der Waals surface area contributed by atoms with E-state index in [4.69, 9.17) is 11.6 Å². The van der Waals surface area contributed by atoms with Crippen LogP contribution >= 0.6 is 11.6 Å². The van der Waals surface area contributed by atoms with Gasteiger partial charge in [-0.25, -0.2) is 9.37 Å². The van der Waals surface area contributed by atoms with E-state index >= 15 is 0 Å². The SMILES string of the molecule is O=C(c1ccc(F)cn1)N(CCCl)C1CC1. The highest BCUT2D eigenvalue weighted by atomic mass is 35.5. The van der Waals surface area contributed by atoms with Crippen LogP contribution in [0.1, 0.15) is 23.3 Å². The van der Waals surface area contributed by atoms with Crippen LogP contribution in [0.4, 0.5) is 4.39 Å². The molecule has 0 spiro atoms. The molecule has 1 aliphatic rings. The van der Waals surface area contributed by atoms with Gasteiger partial charge in [0, 0.05) is 18.5 Å². The molecule has 0 unspecified atom stereocenters. The van der Waals surface area contributed by atoms with Gasteiger partial charge in [-0.15, -0.1) is 11.6 Å². The van der Waals surface area contributed by atoms with E-state index in [9.17, 15) is 9.18 Å². The number of pyridine rings is 1. The summed E-state index contributed by atoms with van der Waals surface area (Å²) < 4.78 is 12.7. The molecule has 2 rings (SSSR count). The zero-order valence-corrected chi connectivity index (χ0v) is 9.45. The van der Waals surface area contributed by atoms with Crippen molar-refractivity contribution in [3.8, 4) is 0 Å². The molecule has 1 heterocycles. The van der Waals surface area contributed by atoms with Crippen LogP contribution in [0.5, 0.6) is 0 Å². The first-order valence-corrected chi connectivity index (χ1v) is 5.74. The lowest BCUT2D eigenvalue weighted by Gasteiger charge is -2.20. The second kappa shape index (κ2) is 4.78. The molecule has 0 radical (unpaired) electrons. The van der Waals surface area contributed by atoms with Gasteiger partial charge in [-0.05, 0) is 25.0 Å². The molecule has 1 fully saturated rings. The molecule has 0 bridgehead atoms. The van der Waals surface area contributed by atoms with Gasteiger partial charge in [-0.3, -0.25) is 4.79 Å². The second-order valence-electron chi connectivity index (χ2n) is 3.78. The summed E-state index contributed by atoms with van der Waals surface area (Å²) >= 11 is 5.65. The average Bonchev–Trinajstić information content (AvgIpc) is 3.10. The second-order valence-corrected chi connectivity index (χ2v) is 4.16. The molecule has 3 nitrogen and oxygen atoms in total. The Bertz CT molecular complexity index is 378. The number of alkyl halides is 1. The maximum Gasteiger partial charge on any atom is 0.272 e. The number of hydrogen-bond donors (Lipinski definition) is 0. The van der Waals surface area contributed by atoms with Gasteiger partial charge < -0.3 is 4.90 Å². The van der Waals surface area contributed by atoms with E-state index in [1.807, 2.05) is 0 Å². The van der Waals surface area contributed by atoms with Crippen LogP contribution < -0.4 is 0 Å². The molecular weight excluding hydrogens is 231 g/mol. The van der Waals surface area contributed by atoms with Gasteiger partial charge >= 0.3 is 0 Å². The van der Waals surface area contributed by atoms with E-state index in [0.29, 0.717) is 12.4 Å². The largest absolute Gasteiger partial charge is 0.333 e. The summed E-state index contributed by atoms with van der Waals surface area (Å²) in [5.41, 5.74) is 0.276. The Morgan fingerprint density at radius 2 is 2.31 bits per heavy atom. The van der Waals surface area contributed by atoms with E-state index in [2.05, 4.69) is 4.98 Å². The van der Waals surface area contributed by atoms with Crippen LogP contribution in [0.2, 0.25) is 0 Å². The lowest BCUT2D eigenvalue weighted by Crippen LogP contribution is -2.35. The van der Waals surface area contributed by atoms with Crippen molar-refractivity contribution in [1.82, 2.24) is 9.88 Å². The molecule has 0 atom stereocenters. The van der Waals surface area contributed by atoms with Crippen LogP contribution in [0.15, 0.2) is 18.3 Å². The molecule has 1 aromatic rings. The molecular formula is C11H12ClFN2O. The summed E-state index contributed by atoms with van der Waals surface area (Å²) in [4.78, 5) is 17.5. The standard InChI is InChI=1S/C11H12ClFN2O/c12-5-6-15(9-2-3-9)11(16)10-4-1-8(13)7-14-10/h1,4,7,9H,2-3,5-6H2. The van der Waals surface area contributed by atoms with Crippen molar-refractivity contribution in [2.24, 2.45) is 0 Å². The van der Waals surface area contributed by atoms with Crippen molar-refractivity contribution in [2.75, 3.05) is 12.4 Å². The number of nitrogens with zero attached hydrogens (tertiary/aromatic N) is 2. The Morgan fingerprint density at radius 3 is 2.81 bits per heavy atom. The third-order valence-corrected chi connectivity index (χ3v) is 2.69. The molecule has 16 heavy (non-hydrogen) atoms. The van der Waals surface area contributed by atoms with Gasteiger partial charge in [-0.2, -0.15) is 0 Å². The Labute approximate surface area is 98.2 Å². The number of rotatable bonds is 4. The molecule has 1 aliphatic carbocycles. The highest BCUT2D eigenvalue weighted by molar-refractivity contribution is 6.18. The van der Waals surface area contributed by atoms with Gasteiger partial charge in [0.05, 0.1) is 6.20 Å². The van der Waals surface area contributed by atoms with Crippen molar-refractivity contribution in [2.45, 2.75) is 18.9 Å². The number of halogens is 2. The van der Waals surface area contributed by atoms with E-state index in [0.717, 1.165) is 19.0 Å². The molecule has 1 amide bonds. The van der Waals surface area contributed by atoms with Gasteiger partial charge in [-0.1, -0.05) is 0 Å². The summed E-state index contributed by atoms with van der Waals surface area (Å²) in [6.07, 6.45) is 3.09. The first-order valence-electron chi connectivity index (χ1n) is 5.21. The van der Waals surface area contributed by atoms with Crippen molar-refractivity contribution < 1.29 is 9.18 Å². The zero-order valence-electron chi connectivity index (χ0n) is 8.70. The first-order chi connectivity index (χ1) is 7.72. The minimum Gasteiger partial charge on any atom is -0.333 e. The van der Waals surface area contributed by atoms with Crippen molar-refractivity contribution >= 4 is 17.5 Å². The highest BCUT2D eigenvalue weighted by Gasteiger charge is 2.32. The normalized spacial score (nSPS) is 14.9. The predicted octanol–water partition coefficient (Wildman–Crippen LogP) is 2.06. The van der Waals surface area contributed by atoms with E-state index < -0.39 is 5.82 Å². The summed E-state index contributed by atoms with van der Waals surface area (Å²) in [6, 6.07) is 2.94. The summed E-state index contributed by atoms with van der Waals surface area (Å²) in [5.74, 6) is -0.196. The predicted molar refractivity (Wildman–Crippen MR) is 59.0 cm³/mol. The number of carbonyl (C=O) groups is 1. The van der Waals surface area contributed by atoms with Crippen LogP contribution in [0.3, 0.4) is 0 Å². The molecule has 1 aromatic heterocycles. The Hall–Kier alpha value is -1.16. The summed E-state index contributed by atoms with van der Waals surface area (Å²) in [6.45, 7) is 0.518. The monoisotopic (exact) mass is 242 g/mol. The fourth-order valence-corrected chi connectivity index (χ4v) is 1.76. The number of aromatic nitrogens is 1. The summed E-state index contributed by atoms with van der Waals surface area (Å²) in [7, 11) is 0. The third-order valence-electron chi connectivity index (χ3n) is 2.52. The molecule has 1 saturated carbocycles. The summed E-state index contributed by atoms with van der Waals surface area (Å²) in [5, 5.41) is 0. The maximum atomic E-state index is 12.7. The van der Waals surface area contributed by atoms with Crippen molar-refractivity contribution in [3.63, 3.8) is 0 Å². The molecule has 0 N–H and O–H groups in total. The zero-order chi connectivity index (χ0) is 11.5. The van der Waals surface area contributed by atoms with Crippen molar-refractivity contribution in [3.05, 3.63) is 29.8 Å². The molecule has 0 aliphatic heterocycles. The van der Waals surface area contributed by atoms with E-state index in [1.165, 1.54) is 12.1 Å². The number of carbonyl (C=O) groups excluding carboxylic acids is 1. The molecule has 5 heteroatoms. The van der Waals surface area contributed by atoms with E-state index in [-0.39, 0.29) is 17.6 Å². The Kier molecular flexibility index (Phi) is 3.39. The molecule has 0 aromatic carbocycles. The molecule has 86 valence electrons. The first kappa shape index (κ1) is 11.3. The van der Waals surface area contributed by atoms with Crippen LogP contribution in [0, 0.1) is 5.82 Å².